The van der Waals surface area contributed by atoms with Gasteiger partial charge in [0.05, 0.1) is 6.54 Å². The van der Waals surface area contributed by atoms with Gasteiger partial charge in [-0.3, -0.25) is 9.59 Å². The second-order valence-corrected chi connectivity index (χ2v) is 8.14. The summed E-state index contributed by atoms with van der Waals surface area (Å²) in [5, 5.41) is 2.01. The first-order chi connectivity index (χ1) is 14.6. The highest BCUT2D eigenvalue weighted by Crippen LogP contribution is 2.16. The Bertz CT molecular complexity index is 983. The Morgan fingerprint density at radius 1 is 0.933 bits per heavy atom. The highest BCUT2D eigenvalue weighted by Gasteiger charge is 2.23. The van der Waals surface area contributed by atoms with Crippen LogP contribution in [-0.4, -0.2) is 34.7 Å². The molecule has 0 aliphatic carbocycles. The Morgan fingerprint density at radius 3 is 2.33 bits per heavy atom. The van der Waals surface area contributed by atoms with Gasteiger partial charge in [0, 0.05) is 23.5 Å². The second kappa shape index (κ2) is 10.6. The van der Waals surface area contributed by atoms with Gasteiger partial charge in [0.25, 0.3) is 5.91 Å². The number of carbonyl (C=O) groups excluding carboxylic acids is 2. The lowest BCUT2D eigenvalue weighted by Crippen LogP contribution is -2.42. The van der Waals surface area contributed by atoms with Crippen molar-refractivity contribution < 1.29 is 9.59 Å². The fourth-order valence-electron chi connectivity index (χ4n) is 3.25. The van der Waals surface area contributed by atoms with E-state index in [0.717, 1.165) is 16.0 Å². The van der Waals surface area contributed by atoms with Crippen molar-refractivity contribution in [3.05, 3.63) is 106 Å². The number of thiophene rings is 1. The molecule has 30 heavy (non-hydrogen) atoms. The molecule has 3 rings (SSSR count). The van der Waals surface area contributed by atoms with E-state index in [4.69, 9.17) is 0 Å². The lowest BCUT2D eigenvalue weighted by atomic mass is 10.1. The summed E-state index contributed by atoms with van der Waals surface area (Å²) in [6.45, 7) is 7.01. The van der Waals surface area contributed by atoms with E-state index in [2.05, 4.69) is 6.58 Å². The summed E-state index contributed by atoms with van der Waals surface area (Å²) in [5.41, 5.74) is 2.56. The van der Waals surface area contributed by atoms with Crippen molar-refractivity contribution in [1.82, 2.24) is 9.80 Å². The molecular weight excluding hydrogens is 392 g/mol. The minimum atomic E-state index is -0.155. The van der Waals surface area contributed by atoms with E-state index in [9.17, 15) is 9.59 Å². The highest BCUT2D eigenvalue weighted by molar-refractivity contribution is 7.09. The van der Waals surface area contributed by atoms with E-state index >= 15 is 0 Å². The SMILES string of the molecule is C=CCN(CC(=O)N(Cc1ccccc1)Cc1cccs1)C(=O)c1ccccc1C. The van der Waals surface area contributed by atoms with Crippen molar-refractivity contribution in [3.63, 3.8) is 0 Å². The summed E-state index contributed by atoms with van der Waals surface area (Å²) in [6.07, 6.45) is 1.66. The highest BCUT2D eigenvalue weighted by atomic mass is 32.1. The maximum atomic E-state index is 13.3. The molecule has 0 radical (unpaired) electrons. The molecule has 4 nitrogen and oxygen atoms in total. The largest absolute Gasteiger partial charge is 0.332 e. The molecule has 0 spiro atoms. The lowest BCUT2D eigenvalue weighted by molar-refractivity contribution is -0.133. The van der Waals surface area contributed by atoms with Crippen molar-refractivity contribution in [2.75, 3.05) is 13.1 Å². The zero-order chi connectivity index (χ0) is 21.3. The van der Waals surface area contributed by atoms with Crippen LogP contribution in [0.2, 0.25) is 0 Å². The van der Waals surface area contributed by atoms with Crippen LogP contribution in [0.25, 0.3) is 0 Å². The molecule has 0 fully saturated rings. The fourth-order valence-corrected chi connectivity index (χ4v) is 3.97. The van der Waals surface area contributed by atoms with Crippen LogP contribution in [-0.2, 0) is 17.9 Å². The third-order valence-corrected chi connectivity index (χ3v) is 5.70. The van der Waals surface area contributed by atoms with Gasteiger partial charge in [-0.2, -0.15) is 0 Å². The van der Waals surface area contributed by atoms with Gasteiger partial charge in [-0.25, -0.2) is 0 Å². The molecule has 0 unspecified atom stereocenters. The van der Waals surface area contributed by atoms with Gasteiger partial charge in [-0.05, 0) is 35.6 Å². The molecule has 0 bridgehead atoms. The molecule has 0 atom stereocenters. The predicted octanol–water partition coefficient (Wildman–Crippen LogP) is 4.91. The topological polar surface area (TPSA) is 40.6 Å². The van der Waals surface area contributed by atoms with Crippen LogP contribution < -0.4 is 0 Å². The van der Waals surface area contributed by atoms with Crippen molar-refractivity contribution in [3.8, 4) is 0 Å². The first-order valence-corrected chi connectivity index (χ1v) is 10.8. The van der Waals surface area contributed by atoms with Crippen molar-refractivity contribution in [1.29, 1.82) is 0 Å². The predicted molar refractivity (Wildman–Crippen MR) is 122 cm³/mol. The van der Waals surface area contributed by atoms with Crippen molar-refractivity contribution >= 4 is 23.2 Å². The molecule has 5 heteroatoms. The number of amides is 2. The Kier molecular flexibility index (Phi) is 7.57. The van der Waals surface area contributed by atoms with Gasteiger partial charge in [0.15, 0.2) is 0 Å². The van der Waals surface area contributed by atoms with E-state index in [1.165, 1.54) is 0 Å². The molecule has 0 N–H and O–H groups in total. The third-order valence-electron chi connectivity index (χ3n) is 4.83. The van der Waals surface area contributed by atoms with E-state index in [1.807, 2.05) is 77.9 Å². The lowest BCUT2D eigenvalue weighted by Gasteiger charge is -2.27. The van der Waals surface area contributed by atoms with Crippen LogP contribution in [0, 0.1) is 6.92 Å². The summed E-state index contributed by atoms with van der Waals surface area (Å²) in [7, 11) is 0. The van der Waals surface area contributed by atoms with Gasteiger partial charge >= 0.3 is 0 Å². The van der Waals surface area contributed by atoms with Gasteiger partial charge in [0.1, 0.15) is 6.54 Å². The van der Waals surface area contributed by atoms with Crippen LogP contribution >= 0.6 is 11.3 Å². The normalized spacial score (nSPS) is 10.4. The van der Waals surface area contributed by atoms with Crippen LogP contribution in [0.4, 0.5) is 0 Å². The zero-order valence-corrected chi connectivity index (χ0v) is 18.0. The van der Waals surface area contributed by atoms with Crippen LogP contribution in [0.1, 0.15) is 26.4 Å². The molecule has 2 aromatic carbocycles. The average Bonchev–Trinajstić information content (AvgIpc) is 3.27. The van der Waals surface area contributed by atoms with E-state index in [-0.39, 0.29) is 18.4 Å². The van der Waals surface area contributed by atoms with Crippen LogP contribution in [0.5, 0.6) is 0 Å². The van der Waals surface area contributed by atoms with E-state index < -0.39 is 0 Å². The number of aryl methyl sites for hydroxylation is 1. The molecule has 1 heterocycles. The summed E-state index contributed by atoms with van der Waals surface area (Å²) in [4.78, 5) is 30.9. The molecular formula is C25H26N2O2S. The quantitative estimate of drug-likeness (QED) is 0.463. The minimum Gasteiger partial charge on any atom is -0.332 e. The van der Waals surface area contributed by atoms with E-state index in [0.29, 0.717) is 25.2 Å². The molecule has 3 aromatic rings. The smallest absolute Gasteiger partial charge is 0.254 e. The number of hydrogen-bond acceptors (Lipinski definition) is 3. The second-order valence-electron chi connectivity index (χ2n) is 7.10. The Morgan fingerprint density at radius 2 is 1.67 bits per heavy atom. The zero-order valence-electron chi connectivity index (χ0n) is 17.2. The molecule has 0 aliphatic rings. The van der Waals surface area contributed by atoms with Gasteiger partial charge in [-0.1, -0.05) is 60.7 Å². The van der Waals surface area contributed by atoms with E-state index in [1.54, 1.807) is 28.4 Å². The Balaban J connectivity index is 1.79. The number of nitrogens with zero attached hydrogens (tertiary/aromatic N) is 2. The Hall–Kier alpha value is -3.18. The van der Waals surface area contributed by atoms with Crippen molar-refractivity contribution in [2.24, 2.45) is 0 Å². The maximum absolute atomic E-state index is 13.3. The Labute approximate surface area is 182 Å². The van der Waals surface area contributed by atoms with Crippen LogP contribution in [0.15, 0.2) is 84.8 Å². The fraction of sp³-hybridized carbons (Fsp3) is 0.200. The summed E-state index contributed by atoms with van der Waals surface area (Å²) < 4.78 is 0. The first kappa shape index (κ1) is 21.5. The van der Waals surface area contributed by atoms with Crippen molar-refractivity contribution in [2.45, 2.75) is 20.0 Å². The third kappa shape index (κ3) is 5.67. The van der Waals surface area contributed by atoms with Gasteiger partial charge in [-0.15, -0.1) is 17.9 Å². The number of hydrogen-bond donors (Lipinski definition) is 0. The molecule has 0 saturated carbocycles. The standard InChI is InChI=1S/C25H26N2O2S/c1-3-15-26(25(29)23-14-8-7-10-20(23)2)19-24(28)27(18-22-13-9-16-30-22)17-21-11-5-4-6-12-21/h3-14,16H,1,15,17-19H2,2H3. The molecule has 1 aromatic heterocycles. The summed E-state index contributed by atoms with van der Waals surface area (Å²) >= 11 is 1.62. The number of benzene rings is 2. The summed E-state index contributed by atoms with van der Waals surface area (Å²) in [6, 6.07) is 21.4. The first-order valence-electron chi connectivity index (χ1n) is 9.88. The van der Waals surface area contributed by atoms with Crippen LogP contribution in [0.3, 0.4) is 0 Å². The average molecular weight is 419 g/mol. The maximum Gasteiger partial charge on any atom is 0.254 e. The molecule has 2 amide bonds. The minimum absolute atomic E-state index is 0.0113. The van der Waals surface area contributed by atoms with Gasteiger partial charge in [0.2, 0.25) is 5.91 Å². The van der Waals surface area contributed by atoms with Gasteiger partial charge < -0.3 is 9.80 Å². The number of rotatable bonds is 9. The molecule has 154 valence electrons. The summed E-state index contributed by atoms with van der Waals surface area (Å²) in [5.74, 6) is -0.242. The molecule has 0 aliphatic heterocycles. The number of carbonyl (C=O) groups is 2. The monoisotopic (exact) mass is 418 g/mol. The molecule has 0 saturated heterocycles.